The summed E-state index contributed by atoms with van der Waals surface area (Å²) in [5.74, 6) is -0.819. The molecule has 17 heteroatoms. The topological polar surface area (TPSA) is 150 Å². The number of hydrogen-bond donors (Lipinski definition) is 2. The van der Waals surface area contributed by atoms with E-state index in [1.54, 1.807) is 17.7 Å². The molecule has 1 atom stereocenters. The average molecular weight is 714 g/mol. The highest BCUT2D eigenvalue weighted by Crippen LogP contribution is 2.34. The summed E-state index contributed by atoms with van der Waals surface area (Å²) in [6.45, 7) is 6.83. The van der Waals surface area contributed by atoms with Crippen LogP contribution in [0.4, 0.5) is 30.4 Å². The molecule has 13 nitrogen and oxygen atoms in total. The molecular formula is C33H35ClF3N9O4. The number of halogens is 4. The number of amides is 2. The van der Waals surface area contributed by atoms with Crippen LogP contribution in [0.1, 0.15) is 54.1 Å². The number of anilines is 3. The van der Waals surface area contributed by atoms with E-state index in [1.807, 2.05) is 11.8 Å². The Hall–Kier alpha value is -4.99. The van der Waals surface area contributed by atoms with Crippen LogP contribution in [-0.4, -0.2) is 85.1 Å². The van der Waals surface area contributed by atoms with Crippen LogP contribution in [0.25, 0.3) is 11.2 Å². The number of hydrogen-bond acceptors (Lipinski definition) is 10. The minimum Gasteiger partial charge on any atom is -0.504 e. The van der Waals surface area contributed by atoms with Gasteiger partial charge in [-0.1, -0.05) is 18.5 Å². The number of pyridine rings is 1. The summed E-state index contributed by atoms with van der Waals surface area (Å²) in [6, 6.07) is 2.86. The summed E-state index contributed by atoms with van der Waals surface area (Å²) in [4.78, 5) is 63.8. The maximum Gasteiger partial charge on any atom is 0.416 e. The molecule has 5 heterocycles. The third kappa shape index (κ3) is 6.63. The van der Waals surface area contributed by atoms with Gasteiger partial charge in [-0.05, 0) is 51.3 Å². The van der Waals surface area contributed by atoms with Gasteiger partial charge < -0.3 is 29.7 Å². The Balaban J connectivity index is 1.36. The van der Waals surface area contributed by atoms with Crippen molar-refractivity contribution in [1.82, 2.24) is 29.4 Å². The molecule has 2 amide bonds. The van der Waals surface area contributed by atoms with Crippen molar-refractivity contribution >= 4 is 51.8 Å². The van der Waals surface area contributed by atoms with E-state index in [0.717, 1.165) is 37.6 Å². The van der Waals surface area contributed by atoms with E-state index in [1.165, 1.54) is 11.2 Å². The second-order valence-corrected chi connectivity index (χ2v) is 12.7. The molecule has 3 aromatic heterocycles. The summed E-state index contributed by atoms with van der Waals surface area (Å²) in [5.41, 5.74) is -0.0946. The average Bonchev–Trinajstić information content (AvgIpc) is 3.52. The first-order chi connectivity index (χ1) is 23.8. The molecule has 2 N–H and O–H groups in total. The van der Waals surface area contributed by atoms with Crippen LogP contribution in [0, 0.1) is 6.92 Å². The predicted octanol–water partition coefficient (Wildman–Crippen LogP) is 4.42. The van der Waals surface area contributed by atoms with Crippen LogP contribution in [0.2, 0.25) is 5.02 Å². The number of rotatable bonds is 7. The number of piperazine rings is 1. The molecule has 0 bridgehead atoms. The molecule has 2 fully saturated rings. The van der Waals surface area contributed by atoms with E-state index in [9.17, 15) is 32.7 Å². The monoisotopic (exact) mass is 713 g/mol. The maximum atomic E-state index is 14.3. The first kappa shape index (κ1) is 34.9. The van der Waals surface area contributed by atoms with Crippen molar-refractivity contribution in [2.45, 2.75) is 58.8 Å². The number of benzene rings is 1. The first-order valence-corrected chi connectivity index (χ1v) is 16.6. The third-order valence-electron chi connectivity index (χ3n) is 9.17. The first-order valence-electron chi connectivity index (χ1n) is 16.2. The van der Waals surface area contributed by atoms with Crippen molar-refractivity contribution in [2.75, 3.05) is 47.8 Å². The molecule has 6 rings (SSSR count). The Kier molecular flexibility index (Phi) is 9.57. The van der Waals surface area contributed by atoms with Crippen LogP contribution in [0.3, 0.4) is 0 Å². The molecule has 1 aromatic carbocycles. The van der Waals surface area contributed by atoms with Gasteiger partial charge in [0.05, 0.1) is 28.2 Å². The second kappa shape index (κ2) is 13.7. The molecule has 50 heavy (non-hydrogen) atoms. The maximum absolute atomic E-state index is 14.3. The Morgan fingerprint density at radius 3 is 2.48 bits per heavy atom. The number of nitrogens with zero attached hydrogens (tertiary/aromatic N) is 8. The van der Waals surface area contributed by atoms with Crippen molar-refractivity contribution in [1.29, 1.82) is 0 Å². The Morgan fingerprint density at radius 1 is 1.10 bits per heavy atom. The Morgan fingerprint density at radius 2 is 1.84 bits per heavy atom. The van der Waals surface area contributed by atoms with Crippen molar-refractivity contribution in [3.05, 3.63) is 68.6 Å². The van der Waals surface area contributed by atoms with E-state index >= 15 is 0 Å². The number of carbonyl (C=O) groups is 2. The van der Waals surface area contributed by atoms with Crippen LogP contribution >= 0.6 is 11.6 Å². The minimum atomic E-state index is -4.60. The van der Waals surface area contributed by atoms with Gasteiger partial charge in [0.1, 0.15) is 24.4 Å². The molecule has 2 saturated heterocycles. The van der Waals surface area contributed by atoms with Gasteiger partial charge in [-0.3, -0.25) is 14.4 Å². The van der Waals surface area contributed by atoms with E-state index < -0.39 is 23.6 Å². The Labute approximate surface area is 289 Å². The lowest BCUT2D eigenvalue weighted by Gasteiger charge is -2.37. The summed E-state index contributed by atoms with van der Waals surface area (Å²) >= 11 is 6.12. The van der Waals surface area contributed by atoms with Gasteiger partial charge in [0, 0.05) is 44.5 Å². The van der Waals surface area contributed by atoms with Crippen molar-refractivity contribution < 1.29 is 27.9 Å². The van der Waals surface area contributed by atoms with Gasteiger partial charge in [-0.25, -0.2) is 19.9 Å². The number of fused-ring (bicyclic) bond motifs is 1. The van der Waals surface area contributed by atoms with Crippen molar-refractivity contribution in [3.8, 4) is 5.75 Å². The van der Waals surface area contributed by atoms with Gasteiger partial charge in [-0.2, -0.15) is 13.2 Å². The van der Waals surface area contributed by atoms with E-state index in [4.69, 9.17) is 16.6 Å². The van der Waals surface area contributed by atoms with E-state index in [2.05, 4.69) is 32.1 Å². The Bertz CT molecular complexity index is 2030. The van der Waals surface area contributed by atoms with E-state index in [-0.39, 0.29) is 83.2 Å². The molecule has 2 aliphatic rings. The summed E-state index contributed by atoms with van der Waals surface area (Å²) in [6.07, 6.45) is 0.434. The molecule has 264 valence electrons. The van der Waals surface area contributed by atoms with Gasteiger partial charge >= 0.3 is 6.18 Å². The summed E-state index contributed by atoms with van der Waals surface area (Å²) in [7, 11) is 0. The predicted molar refractivity (Wildman–Crippen MR) is 181 cm³/mol. The molecule has 4 aromatic rings. The summed E-state index contributed by atoms with van der Waals surface area (Å²) in [5, 5.41) is 12.7. The molecule has 0 spiro atoms. The van der Waals surface area contributed by atoms with Gasteiger partial charge in [0.2, 0.25) is 11.3 Å². The summed E-state index contributed by atoms with van der Waals surface area (Å²) < 4.78 is 41.2. The zero-order chi connectivity index (χ0) is 35.9. The van der Waals surface area contributed by atoms with Crippen molar-refractivity contribution in [2.24, 2.45) is 0 Å². The molecule has 2 aliphatic heterocycles. The standard InChI is InChI=1S/C33H35ClF3N9O4/c1-4-23-28(43-10-12-44(13-11-43)32(50)27-29(48)19(3)39-17-40-27)30(49)26-31(38-15-24(42-26)45-9-5-6-18(45)2)46(23)16-25(47)41-22-8-7-20(14-21(22)34)33(35,36)37/h7-8,14-15,17-18,48H,4-6,9-13,16H2,1-3H3,(H,41,47)/t18-/m1/s1. The lowest BCUT2D eigenvalue weighted by Crippen LogP contribution is -2.50. The van der Waals surface area contributed by atoms with Crippen LogP contribution < -0.4 is 20.5 Å². The SMILES string of the molecule is CCc1c(N2CCN(C(=O)c3ncnc(C)c3O)CC2)c(=O)c2nc(N3CCC[C@H]3C)cnc2n1CC(=O)Nc1ccc(C(F)(F)F)cc1Cl. The lowest BCUT2D eigenvalue weighted by molar-refractivity contribution is -0.137. The fourth-order valence-corrected chi connectivity index (χ4v) is 6.75. The number of aromatic hydroxyl groups is 1. The zero-order valence-electron chi connectivity index (χ0n) is 27.6. The quantitative estimate of drug-likeness (QED) is 0.282. The van der Waals surface area contributed by atoms with Crippen LogP contribution in [0.15, 0.2) is 35.5 Å². The van der Waals surface area contributed by atoms with Gasteiger partial charge in [0.15, 0.2) is 22.6 Å². The highest BCUT2D eigenvalue weighted by atomic mass is 35.5. The largest absolute Gasteiger partial charge is 0.504 e. The number of nitrogens with one attached hydrogen (secondary N) is 1. The van der Waals surface area contributed by atoms with Crippen molar-refractivity contribution in [3.63, 3.8) is 0 Å². The molecular weight excluding hydrogens is 679 g/mol. The minimum absolute atomic E-state index is 0.00427. The molecule has 0 aliphatic carbocycles. The van der Waals surface area contributed by atoms with Gasteiger partial charge in [-0.15, -0.1) is 0 Å². The van der Waals surface area contributed by atoms with E-state index in [0.29, 0.717) is 23.6 Å². The highest BCUT2D eigenvalue weighted by Gasteiger charge is 2.32. The lowest BCUT2D eigenvalue weighted by atomic mass is 10.1. The smallest absolute Gasteiger partial charge is 0.416 e. The highest BCUT2D eigenvalue weighted by molar-refractivity contribution is 6.33. The number of aryl methyl sites for hydroxylation is 1. The second-order valence-electron chi connectivity index (χ2n) is 12.3. The normalized spacial score (nSPS) is 16.7. The number of carbonyl (C=O) groups excluding carboxylic acids is 2. The molecule has 0 unspecified atom stereocenters. The number of aromatic nitrogens is 5. The van der Waals surface area contributed by atoms with Crippen LogP contribution in [-0.2, 0) is 23.9 Å². The fraction of sp³-hybridized carbons (Fsp3) is 0.424. The fourth-order valence-electron chi connectivity index (χ4n) is 6.52. The van der Waals surface area contributed by atoms with Gasteiger partial charge in [0.25, 0.3) is 5.91 Å². The third-order valence-corrected chi connectivity index (χ3v) is 9.48. The zero-order valence-corrected chi connectivity index (χ0v) is 28.3. The number of alkyl halides is 3. The molecule has 0 saturated carbocycles. The molecule has 0 radical (unpaired) electrons. The van der Waals surface area contributed by atoms with Crippen LogP contribution in [0.5, 0.6) is 5.75 Å².